The van der Waals surface area contributed by atoms with Crippen LogP contribution in [0.4, 0.5) is 5.13 Å². The normalized spacial score (nSPS) is 14.2. The highest BCUT2D eigenvalue weighted by atomic mass is 32.1. The summed E-state index contributed by atoms with van der Waals surface area (Å²) in [6.07, 6.45) is 0. The van der Waals surface area contributed by atoms with Gasteiger partial charge in [0.05, 0.1) is 39.1 Å². The molecule has 8 nitrogen and oxygen atoms in total. The predicted octanol–water partition coefficient (Wildman–Crippen LogP) is 3.16. The quantitative estimate of drug-likeness (QED) is 0.544. The lowest BCUT2D eigenvalue weighted by molar-refractivity contribution is 0.0391. The summed E-state index contributed by atoms with van der Waals surface area (Å²) in [6, 6.07) is 12.4. The first-order chi connectivity index (χ1) is 15.6. The number of aromatic nitrogens is 1. The average molecular weight is 453 g/mol. The molecular weight excluding hydrogens is 428 g/mol. The molecule has 3 aromatic rings. The largest absolute Gasteiger partial charge is 0.495 e. The number of nitriles is 1. The smallest absolute Gasteiger partial charge is 0.260 e. The summed E-state index contributed by atoms with van der Waals surface area (Å²) in [7, 11) is 3.21. The summed E-state index contributed by atoms with van der Waals surface area (Å²) >= 11 is 1.40. The average Bonchev–Trinajstić information content (AvgIpc) is 3.29. The second-order valence-electron chi connectivity index (χ2n) is 7.24. The second-order valence-corrected chi connectivity index (χ2v) is 8.22. The number of morpholine rings is 1. The molecule has 0 unspecified atom stereocenters. The van der Waals surface area contributed by atoms with E-state index >= 15 is 0 Å². The minimum absolute atomic E-state index is 0.167. The van der Waals surface area contributed by atoms with E-state index in [1.165, 1.54) is 11.3 Å². The van der Waals surface area contributed by atoms with Gasteiger partial charge in [0.2, 0.25) is 0 Å². The number of anilines is 1. The van der Waals surface area contributed by atoms with E-state index in [0.717, 1.165) is 17.8 Å². The van der Waals surface area contributed by atoms with E-state index in [4.69, 9.17) is 24.5 Å². The minimum atomic E-state index is -0.167. The molecule has 0 N–H and O–H groups in total. The van der Waals surface area contributed by atoms with E-state index in [2.05, 4.69) is 11.0 Å². The van der Waals surface area contributed by atoms with Crippen molar-refractivity contribution in [2.75, 3.05) is 58.5 Å². The maximum absolute atomic E-state index is 13.5. The van der Waals surface area contributed by atoms with Crippen LogP contribution in [-0.2, 0) is 4.74 Å². The van der Waals surface area contributed by atoms with Crippen molar-refractivity contribution in [2.45, 2.75) is 0 Å². The Kier molecular flexibility index (Phi) is 6.85. The molecule has 2 aromatic carbocycles. The lowest BCUT2D eigenvalue weighted by Crippen LogP contribution is -2.43. The SMILES string of the molecule is COc1ccc(OC)c2sc(N(CCN3CCOCC3)C(=O)c3ccc(C#N)cc3)nc12. The fraction of sp³-hybridized carbons (Fsp3) is 0.348. The number of carbonyl (C=O) groups excluding carboxylic acids is 1. The van der Waals surface area contributed by atoms with Crippen LogP contribution < -0.4 is 14.4 Å². The molecule has 1 amide bonds. The Balaban J connectivity index is 1.70. The van der Waals surface area contributed by atoms with Crippen molar-refractivity contribution < 1.29 is 19.0 Å². The maximum atomic E-state index is 13.5. The lowest BCUT2D eigenvalue weighted by atomic mass is 10.1. The van der Waals surface area contributed by atoms with Crippen molar-refractivity contribution in [1.29, 1.82) is 5.26 Å². The standard InChI is InChI=1S/C23H24N4O4S/c1-29-18-7-8-19(30-2)21-20(18)25-23(32-21)27(10-9-26-11-13-31-14-12-26)22(28)17-5-3-16(15-24)4-6-17/h3-8H,9-14H2,1-2H3. The molecule has 0 atom stereocenters. The van der Waals surface area contributed by atoms with E-state index in [-0.39, 0.29) is 5.91 Å². The van der Waals surface area contributed by atoms with Crippen molar-refractivity contribution >= 4 is 32.6 Å². The molecule has 0 spiro atoms. The van der Waals surface area contributed by atoms with Crippen LogP contribution in [0.1, 0.15) is 15.9 Å². The van der Waals surface area contributed by atoms with Gasteiger partial charge in [-0.3, -0.25) is 14.6 Å². The highest BCUT2D eigenvalue weighted by Crippen LogP contribution is 2.40. The van der Waals surface area contributed by atoms with E-state index in [9.17, 15) is 4.79 Å². The molecule has 1 aromatic heterocycles. The van der Waals surface area contributed by atoms with Gasteiger partial charge in [-0.2, -0.15) is 5.26 Å². The van der Waals surface area contributed by atoms with Gasteiger partial charge in [-0.1, -0.05) is 11.3 Å². The highest BCUT2D eigenvalue weighted by molar-refractivity contribution is 7.22. The van der Waals surface area contributed by atoms with Crippen LogP contribution in [0.25, 0.3) is 10.2 Å². The number of hydrogen-bond acceptors (Lipinski definition) is 8. The molecule has 0 radical (unpaired) electrons. The zero-order valence-corrected chi connectivity index (χ0v) is 18.9. The number of rotatable bonds is 7. The number of benzene rings is 2. The topological polar surface area (TPSA) is 87.9 Å². The number of ether oxygens (including phenoxy) is 3. The monoisotopic (exact) mass is 452 g/mol. The predicted molar refractivity (Wildman–Crippen MR) is 123 cm³/mol. The van der Waals surface area contributed by atoms with Gasteiger partial charge in [-0.25, -0.2) is 4.98 Å². The summed E-state index contributed by atoms with van der Waals surface area (Å²) in [5.41, 5.74) is 1.68. The zero-order valence-electron chi connectivity index (χ0n) is 18.0. The van der Waals surface area contributed by atoms with Crippen LogP contribution in [-0.4, -0.2) is 69.4 Å². The Bertz CT molecular complexity index is 1090. The summed E-state index contributed by atoms with van der Waals surface area (Å²) in [6.45, 7) is 4.23. The van der Waals surface area contributed by atoms with E-state index < -0.39 is 0 Å². The van der Waals surface area contributed by atoms with Crippen molar-refractivity contribution in [1.82, 2.24) is 9.88 Å². The van der Waals surface area contributed by atoms with Crippen LogP contribution >= 0.6 is 11.3 Å². The lowest BCUT2D eigenvalue weighted by Gasteiger charge is -2.29. The molecule has 0 bridgehead atoms. The number of carbonyl (C=O) groups is 1. The fourth-order valence-corrected chi connectivity index (χ4v) is 4.68. The van der Waals surface area contributed by atoms with Crippen LogP contribution in [0, 0.1) is 11.3 Å². The Morgan fingerprint density at radius 3 is 2.50 bits per heavy atom. The third-order valence-electron chi connectivity index (χ3n) is 5.38. The maximum Gasteiger partial charge on any atom is 0.260 e. The van der Waals surface area contributed by atoms with Gasteiger partial charge in [0.25, 0.3) is 5.91 Å². The van der Waals surface area contributed by atoms with Gasteiger partial charge in [0.15, 0.2) is 5.13 Å². The van der Waals surface area contributed by atoms with Gasteiger partial charge in [-0.05, 0) is 36.4 Å². The number of fused-ring (bicyclic) bond motifs is 1. The van der Waals surface area contributed by atoms with Gasteiger partial charge in [-0.15, -0.1) is 0 Å². The van der Waals surface area contributed by atoms with Gasteiger partial charge in [0, 0.05) is 31.7 Å². The molecule has 1 aliphatic heterocycles. The van der Waals surface area contributed by atoms with E-state index in [1.807, 2.05) is 12.1 Å². The second kappa shape index (κ2) is 9.96. The molecule has 1 aliphatic rings. The Hall–Kier alpha value is -3.19. The molecule has 9 heteroatoms. The van der Waals surface area contributed by atoms with Crippen molar-refractivity contribution in [2.24, 2.45) is 0 Å². The molecule has 2 heterocycles. The minimum Gasteiger partial charge on any atom is -0.495 e. The van der Waals surface area contributed by atoms with Crippen LogP contribution in [0.5, 0.6) is 11.5 Å². The van der Waals surface area contributed by atoms with Crippen molar-refractivity contribution in [3.8, 4) is 17.6 Å². The van der Waals surface area contributed by atoms with Gasteiger partial charge >= 0.3 is 0 Å². The number of amides is 1. The third-order valence-corrected chi connectivity index (χ3v) is 6.47. The first-order valence-corrected chi connectivity index (χ1v) is 11.1. The summed E-state index contributed by atoms with van der Waals surface area (Å²) in [5.74, 6) is 1.14. The summed E-state index contributed by atoms with van der Waals surface area (Å²) in [5, 5.41) is 9.64. The number of thiazole rings is 1. The first-order valence-electron chi connectivity index (χ1n) is 10.3. The van der Waals surface area contributed by atoms with Gasteiger partial charge < -0.3 is 14.2 Å². The highest BCUT2D eigenvalue weighted by Gasteiger charge is 2.24. The van der Waals surface area contributed by atoms with E-state index in [0.29, 0.717) is 59.6 Å². The molecule has 166 valence electrons. The number of methoxy groups -OCH3 is 2. The molecule has 0 saturated carbocycles. The molecule has 1 fully saturated rings. The van der Waals surface area contributed by atoms with Crippen LogP contribution in [0.15, 0.2) is 36.4 Å². The zero-order chi connectivity index (χ0) is 22.5. The Morgan fingerprint density at radius 1 is 1.16 bits per heavy atom. The summed E-state index contributed by atoms with van der Waals surface area (Å²) < 4.78 is 17.2. The van der Waals surface area contributed by atoms with Crippen molar-refractivity contribution in [3.63, 3.8) is 0 Å². The molecular formula is C23H24N4O4S. The summed E-state index contributed by atoms with van der Waals surface area (Å²) in [4.78, 5) is 22.2. The molecule has 32 heavy (non-hydrogen) atoms. The van der Waals surface area contributed by atoms with Crippen LogP contribution in [0.2, 0.25) is 0 Å². The Labute approximate surface area is 190 Å². The Morgan fingerprint density at radius 2 is 1.84 bits per heavy atom. The van der Waals surface area contributed by atoms with Gasteiger partial charge in [0.1, 0.15) is 21.7 Å². The van der Waals surface area contributed by atoms with Crippen molar-refractivity contribution in [3.05, 3.63) is 47.5 Å². The molecule has 0 aliphatic carbocycles. The van der Waals surface area contributed by atoms with E-state index in [1.54, 1.807) is 43.4 Å². The first kappa shape index (κ1) is 22.0. The third kappa shape index (κ3) is 4.53. The fourth-order valence-electron chi connectivity index (χ4n) is 3.58. The molecule has 1 saturated heterocycles. The van der Waals surface area contributed by atoms with Crippen LogP contribution in [0.3, 0.4) is 0 Å². The number of hydrogen-bond donors (Lipinski definition) is 0. The number of nitrogens with zero attached hydrogens (tertiary/aromatic N) is 4. The molecule has 4 rings (SSSR count).